The summed E-state index contributed by atoms with van der Waals surface area (Å²) in [5, 5.41) is 9.26. The first kappa shape index (κ1) is 13.0. The van der Waals surface area contributed by atoms with Crippen molar-refractivity contribution < 1.29 is 14.3 Å². The van der Waals surface area contributed by atoms with E-state index in [1.165, 1.54) is 12.1 Å². The van der Waals surface area contributed by atoms with E-state index in [0.29, 0.717) is 13.1 Å². The Morgan fingerprint density at radius 2 is 2.22 bits per heavy atom. The standard InChI is InChI=1S/C14H18FNO2/c1-16(9-11-4-2-5-12(15)8-11)10-14(13(17)18)6-3-7-14/h2,4-5,8H,3,6-7,9-10H2,1H3,(H,17,18). The van der Waals surface area contributed by atoms with E-state index in [0.717, 1.165) is 24.8 Å². The third-order valence-electron chi connectivity index (χ3n) is 3.68. The summed E-state index contributed by atoms with van der Waals surface area (Å²) in [5.74, 6) is -0.961. The van der Waals surface area contributed by atoms with Gasteiger partial charge in [-0.25, -0.2) is 4.39 Å². The van der Waals surface area contributed by atoms with E-state index >= 15 is 0 Å². The van der Waals surface area contributed by atoms with Crippen molar-refractivity contribution in [3.63, 3.8) is 0 Å². The van der Waals surface area contributed by atoms with Gasteiger partial charge in [-0.05, 0) is 37.6 Å². The van der Waals surface area contributed by atoms with Gasteiger partial charge in [-0.15, -0.1) is 0 Å². The maximum atomic E-state index is 13.0. The molecule has 1 aromatic rings. The predicted molar refractivity (Wildman–Crippen MR) is 66.7 cm³/mol. The number of carbonyl (C=O) groups is 1. The number of aliphatic carboxylic acids is 1. The van der Waals surface area contributed by atoms with Gasteiger partial charge in [0, 0.05) is 13.1 Å². The largest absolute Gasteiger partial charge is 0.481 e. The van der Waals surface area contributed by atoms with Gasteiger partial charge in [0.1, 0.15) is 5.82 Å². The Labute approximate surface area is 106 Å². The first-order chi connectivity index (χ1) is 8.52. The van der Waals surface area contributed by atoms with E-state index in [4.69, 9.17) is 0 Å². The molecule has 1 saturated carbocycles. The highest BCUT2D eigenvalue weighted by atomic mass is 19.1. The van der Waals surface area contributed by atoms with E-state index in [2.05, 4.69) is 0 Å². The fourth-order valence-corrected chi connectivity index (χ4v) is 2.56. The molecule has 0 heterocycles. The first-order valence-electron chi connectivity index (χ1n) is 6.18. The van der Waals surface area contributed by atoms with Gasteiger partial charge >= 0.3 is 5.97 Å². The maximum Gasteiger partial charge on any atom is 0.310 e. The lowest BCUT2D eigenvalue weighted by Gasteiger charge is -2.40. The van der Waals surface area contributed by atoms with Crippen molar-refractivity contribution in [2.75, 3.05) is 13.6 Å². The molecule has 3 nitrogen and oxygen atoms in total. The Morgan fingerprint density at radius 3 is 2.72 bits per heavy atom. The second kappa shape index (κ2) is 5.06. The molecule has 0 amide bonds. The van der Waals surface area contributed by atoms with Crippen LogP contribution in [0.1, 0.15) is 24.8 Å². The second-order valence-electron chi connectivity index (χ2n) is 5.24. The highest BCUT2D eigenvalue weighted by molar-refractivity contribution is 5.76. The lowest BCUT2D eigenvalue weighted by Crippen LogP contribution is -2.46. The Hall–Kier alpha value is -1.42. The van der Waals surface area contributed by atoms with E-state index in [1.54, 1.807) is 6.07 Å². The molecule has 18 heavy (non-hydrogen) atoms. The zero-order valence-electron chi connectivity index (χ0n) is 10.5. The Bertz CT molecular complexity index is 443. The van der Waals surface area contributed by atoms with Crippen LogP contribution in [0.4, 0.5) is 4.39 Å². The molecule has 0 radical (unpaired) electrons. The molecule has 0 atom stereocenters. The molecule has 0 aromatic heterocycles. The van der Waals surface area contributed by atoms with Gasteiger partial charge in [0.2, 0.25) is 0 Å². The molecule has 0 aliphatic heterocycles. The maximum absolute atomic E-state index is 13.0. The SMILES string of the molecule is CN(Cc1cccc(F)c1)CC1(C(=O)O)CCC1. The molecule has 0 saturated heterocycles. The number of carboxylic acid groups (broad SMARTS) is 1. The normalized spacial score (nSPS) is 17.5. The quantitative estimate of drug-likeness (QED) is 0.874. The highest BCUT2D eigenvalue weighted by Crippen LogP contribution is 2.41. The van der Waals surface area contributed by atoms with Gasteiger partial charge in [0.25, 0.3) is 0 Å². The smallest absolute Gasteiger partial charge is 0.310 e. The monoisotopic (exact) mass is 251 g/mol. The number of benzene rings is 1. The van der Waals surface area contributed by atoms with Gasteiger partial charge in [-0.2, -0.15) is 0 Å². The zero-order chi connectivity index (χ0) is 13.2. The molecule has 0 bridgehead atoms. The Morgan fingerprint density at radius 1 is 1.50 bits per heavy atom. The summed E-state index contributed by atoms with van der Waals surface area (Å²) in [4.78, 5) is 13.2. The molecule has 1 aliphatic carbocycles. The van der Waals surface area contributed by atoms with Crippen LogP contribution in [0.2, 0.25) is 0 Å². The van der Waals surface area contributed by atoms with Crippen molar-refractivity contribution in [1.29, 1.82) is 0 Å². The average Bonchev–Trinajstić information content (AvgIpc) is 2.23. The minimum absolute atomic E-state index is 0.252. The van der Waals surface area contributed by atoms with Gasteiger partial charge < -0.3 is 10.0 Å². The van der Waals surface area contributed by atoms with Crippen molar-refractivity contribution in [2.24, 2.45) is 5.41 Å². The van der Waals surface area contributed by atoms with Crippen molar-refractivity contribution in [3.05, 3.63) is 35.6 Å². The number of hydrogen-bond donors (Lipinski definition) is 1. The van der Waals surface area contributed by atoms with Crippen molar-refractivity contribution >= 4 is 5.97 Å². The number of halogens is 1. The van der Waals surface area contributed by atoms with Crippen LogP contribution in [-0.4, -0.2) is 29.6 Å². The fraction of sp³-hybridized carbons (Fsp3) is 0.500. The lowest BCUT2D eigenvalue weighted by molar-refractivity contribution is -0.156. The number of carboxylic acids is 1. The summed E-state index contributed by atoms with van der Waals surface area (Å²) in [7, 11) is 1.88. The molecule has 1 fully saturated rings. The summed E-state index contributed by atoms with van der Waals surface area (Å²) in [6.45, 7) is 1.10. The third-order valence-corrected chi connectivity index (χ3v) is 3.68. The Kier molecular flexibility index (Phi) is 3.66. The van der Waals surface area contributed by atoms with E-state index < -0.39 is 11.4 Å². The van der Waals surface area contributed by atoms with Crippen LogP contribution in [-0.2, 0) is 11.3 Å². The first-order valence-corrected chi connectivity index (χ1v) is 6.18. The Balaban J connectivity index is 1.96. The van der Waals surface area contributed by atoms with E-state index in [-0.39, 0.29) is 5.82 Å². The number of rotatable bonds is 5. The van der Waals surface area contributed by atoms with Crippen molar-refractivity contribution in [1.82, 2.24) is 4.90 Å². The van der Waals surface area contributed by atoms with E-state index in [9.17, 15) is 14.3 Å². The molecule has 1 aliphatic rings. The zero-order valence-corrected chi connectivity index (χ0v) is 10.5. The minimum Gasteiger partial charge on any atom is -0.481 e. The minimum atomic E-state index is -0.708. The highest BCUT2D eigenvalue weighted by Gasteiger charge is 2.44. The molecule has 1 N–H and O–H groups in total. The van der Waals surface area contributed by atoms with Crippen LogP contribution in [0.25, 0.3) is 0 Å². The summed E-state index contributed by atoms with van der Waals surface area (Å²) >= 11 is 0. The van der Waals surface area contributed by atoms with Gasteiger partial charge in [0.15, 0.2) is 0 Å². The molecule has 4 heteroatoms. The van der Waals surface area contributed by atoms with Crippen LogP contribution in [0.3, 0.4) is 0 Å². The predicted octanol–water partition coefficient (Wildman–Crippen LogP) is 2.51. The fourth-order valence-electron chi connectivity index (χ4n) is 2.56. The van der Waals surface area contributed by atoms with Crippen molar-refractivity contribution in [2.45, 2.75) is 25.8 Å². The van der Waals surface area contributed by atoms with Gasteiger partial charge in [0.05, 0.1) is 5.41 Å². The van der Waals surface area contributed by atoms with Gasteiger partial charge in [-0.1, -0.05) is 18.6 Å². The van der Waals surface area contributed by atoms with Crippen LogP contribution in [0.5, 0.6) is 0 Å². The molecular formula is C14H18FNO2. The topological polar surface area (TPSA) is 40.5 Å². The van der Waals surface area contributed by atoms with Crippen LogP contribution in [0, 0.1) is 11.2 Å². The van der Waals surface area contributed by atoms with Crippen LogP contribution in [0.15, 0.2) is 24.3 Å². The molecule has 98 valence electrons. The molecule has 0 spiro atoms. The van der Waals surface area contributed by atoms with Gasteiger partial charge in [-0.3, -0.25) is 4.79 Å². The molecule has 0 unspecified atom stereocenters. The average molecular weight is 251 g/mol. The lowest BCUT2D eigenvalue weighted by atomic mass is 9.68. The number of hydrogen-bond acceptors (Lipinski definition) is 2. The van der Waals surface area contributed by atoms with Crippen molar-refractivity contribution in [3.8, 4) is 0 Å². The summed E-state index contributed by atoms with van der Waals surface area (Å²) in [6, 6.07) is 6.43. The molecule has 1 aromatic carbocycles. The van der Waals surface area contributed by atoms with E-state index in [1.807, 2.05) is 18.0 Å². The third kappa shape index (κ3) is 2.70. The van der Waals surface area contributed by atoms with Crippen LogP contribution < -0.4 is 0 Å². The number of nitrogens with zero attached hydrogens (tertiary/aromatic N) is 1. The summed E-state index contributed by atoms with van der Waals surface area (Å²) in [6.07, 6.45) is 2.48. The summed E-state index contributed by atoms with van der Waals surface area (Å²) in [5.41, 5.74) is 0.291. The van der Waals surface area contributed by atoms with Crippen LogP contribution >= 0.6 is 0 Å². The second-order valence-corrected chi connectivity index (χ2v) is 5.24. The molecular weight excluding hydrogens is 233 g/mol. The molecule has 2 rings (SSSR count). The summed E-state index contributed by atoms with van der Waals surface area (Å²) < 4.78 is 13.0.